The number of amides is 1. The van der Waals surface area contributed by atoms with Gasteiger partial charge in [-0.25, -0.2) is 4.98 Å². The van der Waals surface area contributed by atoms with Crippen molar-refractivity contribution in [2.24, 2.45) is 0 Å². The number of ether oxygens (including phenoxy) is 2. The van der Waals surface area contributed by atoms with Crippen molar-refractivity contribution in [2.75, 3.05) is 38.7 Å². The van der Waals surface area contributed by atoms with Gasteiger partial charge >= 0.3 is 0 Å². The summed E-state index contributed by atoms with van der Waals surface area (Å²) in [5, 5.41) is 0.710. The number of anilines is 1. The number of aryl methyl sites for hydroxylation is 1. The summed E-state index contributed by atoms with van der Waals surface area (Å²) < 4.78 is 12.8. The van der Waals surface area contributed by atoms with Crippen LogP contribution < -0.4 is 19.3 Å². The predicted octanol–water partition coefficient (Wildman–Crippen LogP) is 2.18. The minimum atomic E-state index is -0.680. The summed E-state index contributed by atoms with van der Waals surface area (Å²) >= 11 is 1.55. The summed E-state index contributed by atoms with van der Waals surface area (Å²) in [4.78, 5) is 21.2. The fourth-order valence-electron chi connectivity index (χ4n) is 3.24. The lowest BCUT2D eigenvalue weighted by atomic mass is 10.2. The number of aromatic nitrogens is 1. The summed E-state index contributed by atoms with van der Waals surface area (Å²) in [6.07, 6.45) is 0.294. The monoisotopic (exact) mass is 412 g/mol. The maximum Gasteiger partial charge on any atom is 0.273 e. The number of carbonyl (C=O) groups excluding carboxylic acids is 1. The van der Waals surface area contributed by atoms with E-state index in [0.29, 0.717) is 23.2 Å². The quantitative estimate of drug-likeness (QED) is 0.674. The lowest BCUT2D eigenvalue weighted by Crippen LogP contribution is -3.06. The molecule has 0 fully saturated rings. The van der Waals surface area contributed by atoms with Gasteiger partial charge in [0.05, 0.1) is 37.4 Å². The molecule has 1 aliphatic heterocycles. The van der Waals surface area contributed by atoms with Crippen LogP contribution in [0.3, 0.4) is 0 Å². The van der Waals surface area contributed by atoms with Gasteiger partial charge in [-0.05, 0) is 36.2 Å². The standard InChI is InChI=1S/C22H25N3O3S/c1-4-15-9-10-16-20(13-15)29-22(23-16)25(12-11-24(2)3)21(26)19-14-27-17-7-5-6-8-18(17)28-19/h5-10,13,19H,4,11-12,14H2,1-3H3/p+1/t19-/m0/s1. The molecule has 0 unspecified atom stereocenters. The van der Waals surface area contributed by atoms with Crippen molar-refractivity contribution in [3.05, 3.63) is 48.0 Å². The number of rotatable bonds is 6. The SMILES string of the molecule is CCc1ccc2nc(N(CC[NH+](C)C)C(=O)[C@@H]3COc4ccccc4O3)sc2c1. The highest BCUT2D eigenvalue weighted by Crippen LogP contribution is 2.33. The van der Waals surface area contributed by atoms with E-state index in [9.17, 15) is 4.79 Å². The molecule has 0 saturated heterocycles. The first kappa shape index (κ1) is 19.7. The zero-order chi connectivity index (χ0) is 20.4. The van der Waals surface area contributed by atoms with Gasteiger partial charge in [-0.15, -0.1) is 0 Å². The Morgan fingerprint density at radius 1 is 1.24 bits per heavy atom. The van der Waals surface area contributed by atoms with Gasteiger partial charge in [0.25, 0.3) is 5.91 Å². The van der Waals surface area contributed by atoms with Crippen molar-refractivity contribution in [3.63, 3.8) is 0 Å². The van der Waals surface area contributed by atoms with E-state index in [-0.39, 0.29) is 12.5 Å². The normalized spacial score (nSPS) is 15.7. The number of hydrogen-bond donors (Lipinski definition) is 1. The highest BCUT2D eigenvalue weighted by molar-refractivity contribution is 7.22. The molecule has 2 heterocycles. The third-order valence-electron chi connectivity index (χ3n) is 4.97. The van der Waals surface area contributed by atoms with E-state index in [2.05, 4.69) is 33.2 Å². The van der Waals surface area contributed by atoms with Crippen LogP contribution in [0, 0.1) is 0 Å². The molecule has 0 bridgehead atoms. The molecule has 1 atom stereocenters. The Labute approximate surface area is 174 Å². The van der Waals surface area contributed by atoms with Crippen molar-refractivity contribution in [1.82, 2.24) is 4.98 Å². The number of quaternary nitrogens is 1. The van der Waals surface area contributed by atoms with Gasteiger partial charge in [-0.1, -0.05) is 36.5 Å². The first-order chi connectivity index (χ1) is 14.0. The lowest BCUT2D eigenvalue weighted by Gasteiger charge is -2.29. The van der Waals surface area contributed by atoms with Crippen LogP contribution in [-0.2, 0) is 11.2 Å². The van der Waals surface area contributed by atoms with Gasteiger partial charge in [-0.2, -0.15) is 0 Å². The number of nitrogens with one attached hydrogen (secondary N) is 1. The Bertz CT molecular complexity index is 1020. The summed E-state index contributed by atoms with van der Waals surface area (Å²) in [7, 11) is 4.15. The van der Waals surface area contributed by atoms with Crippen LogP contribution in [0.1, 0.15) is 12.5 Å². The van der Waals surface area contributed by atoms with E-state index in [0.717, 1.165) is 23.2 Å². The summed E-state index contributed by atoms with van der Waals surface area (Å²) in [6, 6.07) is 13.7. The second-order valence-corrected chi connectivity index (χ2v) is 8.47. The molecule has 6 nitrogen and oxygen atoms in total. The molecule has 0 saturated carbocycles. The number of benzene rings is 2. The molecular weight excluding hydrogens is 386 g/mol. The third kappa shape index (κ3) is 4.21. The molecular formula is C22H26N3O3S+. The topological polar surface area (TPSA) is 56.1 Å². The molecule has 0 spiro atoms. The number of nitrogens with zero attached hydrogens (tertiary/aromatic N) is 2. The van der Waals surface area contributed by atoms with Gasteiger partial charge in [-0.3, -0.25) is 9.69 Å². The Morgan fingerprint density at radius 2 is 2.03 bits per heavy atom. The smallest absolute Gasteiger partial charge is 0.273 e. The second kappa shape index (κ2) is 8.39. The average molecular weight is 413 g/mol. The van der Waals surface area contributed by atoms with Crippen LogP contribution in [0.15, 0.2) is 42.5 Å². The fraction of sp³-hybridized carbons (Fsp3) is 0.364. The predicted molar refractivity (Wildman–Crippen MR) is 115 cm³/mol. The van der Waals surface area contributed by atoms with Gasteiger partial charge in [0.15, 0.2) is 16.6 Å². The van der Waals surface area contributed by atoms with Crippen LogP contribution >= 0.6 is 11.3 Å². The van der Waals surface area contributed by atoms with Crippen molar-refractivity contribution >= 4 is 32.6 Å². The number of likely N-dealkylation sites (N-methyl/N-ethyl adjacent to an activating group) is 1. The maximum atomic E-state index is 13.4. The maximum absolute atomic E-state index is 13.4. The Hall–Kier alpha value is -2.64. The average Bonchev–Trinajstić information content (AvgIpc) is 3.15. The number of carbonyl (C=O) groups is 1. The highest BCUT2D eigenvalue weighted by Gasteiger charge is 2.33. The molecule has 152 valence electrons. The minimum absolute atomic E-state index is 0.115. The van der Waals surface area contributed by atoms with E-state index >= 15 is 0 Å². The number of thiazole rings is 1. The molecule has 4 rings (SSSR count). The molecule has 1 amide bonds. The van der Waals surface area contributed by atoms with Gasteiger partial charge < -0.3 is 14.4 Å². The number of fused-ring (bicyclic) bond motifs is 2. The molecule has 2 aromatic carbocycles. The van der Waals surface area contributed by atoms with Crippen LogP contribution in [-0.4, -0.2) is 50.8 Å². The second-order valence-electron chi connectivity index (χ2n) is 7.46. The molecule has 7 heteroatoms. The zero-order valence-corrected chi connectivity index (χ0v) is 17.8. The molecule has 29 heavy (non-hydrogen) atoms. The summed E-state index contributed by atoms with van der Waals surface area (Å²) in [5.41, 5.74) is 2.19. The van der Waals surface area contributed by atoms with Crippen molar-refractivity contribution in [3.8, 4) is 11.5 Å². The highest BCUT2D eigenvalue weighted by atomic mass is 32.1. The van der Waals surface area contributed by atoms with Gasteiger partial charge in [0.2, 0.25) is 6.10 Å². The van der Waals surface area contributed by atoms with Gasteiger partial charge in [0.1, 0.15) is 6.61 Å². The molecule has 0 radical (unpaired) electrons. The minimum Gasteiger partial charge on any atom is -0.485 e. The number of hydrogen-bond acceptors (Lipinski definition) is 5. The summed E-state index contributed by atoms with van der Waals surface area (Å²) in [6.45, 7) is 3.72. The Balaban J connectivity index is 1.62. The largest absolute Gasteiger partial charge is 0.485 e. The third-order valence-corrected chi connectivity index (χ3v) is 6.01. The van der Waals surface area contributed by atoms with E-state index in [1.165, 1.54) is 10.5 Å². The van der Waals surface area contributed by atoms with E-state index in [1.54, 1.807) is 16.2 Å². The van der Waals surface area contributed by atoms with E-state index < -0.39 is 6.10 Å². The molecule has 1 N–H and O–H groups in total. The first-order valence-electron chi connectivity index (χ1n) is 9.93. The number of para-hydroxylation sites is 2. The molecule has 3 aromatic rings. The Kier molecular flexibility index (Phi) is 5.69. The van der Waals surface area contributed by atoms with Gasteiger partial charge in [0, 0.05) is 0 Å². The van der Waals surface area contributed by atoms with Crippen LogP contribution in [0.25, 0.3) is 10.2 Å². The molecule has 1 aliphatic rings. The molecule has 1 aromatic heterocycles. The first-order valence-corrected chi connectivity index (χ1v) is 10.7. The zero-order valence-electron chi connectivity index (χ0n) is 17.0. The Morgan fingerprint density at radius 3 is 2.79 bits per heavy atom. The lowest BCUT2D eigenvalue weighted by molar-refractivity contribution is -0.856. The van der Waals surface area contributed by atoms with Crippen molar-refractivity contribution in [1.29, 1.82) is 0 Å². The molecule has 0 aliphatic carbocycles. The van der Waals surface area contributed by atoms with Crippen LogP contribution in [0.5, 0.6) is 11.5 Å². The van der Waals surface area contributed by atoms with Crippen molar-refractivity contribution < 1.29 is 19.2 Å². The van der Waals surface area contributed by atoms with Crippen molar-refractivity contribution in [2.45, 2.75) is 19.4 Å². The van der Waals surface area contributed by atoms with Crippen LogP contribution in [0.2, 0.25) is 0 Å². The van der Waals surface area contributed by atoms with Crippen LogP contribution in [0.4, 0.5) is 5.13 Å². The summed E-state index contributed by atoms with van der Waals surface area (Å²) in [5.74, 6) is 1.16. The fourth-order valence-corrected chi connectivity index (χ4v) is 4.30. The van der Waals surface area contributed by atoms with E-state index in [1.807, 2.05) is 30.3 Å². The van der Waals surface area contributed by atoms with E-state index in [4.69, 9.17) is 14.5 Å².